The Labute approximate surface area is 158 Å². The van der Waals surface area contributed by atoms with E-state index in [0.29, 0.717) is 37.7 Å². The maximum atomic E-state index is 13.1. The molecule has 0 N–H and O–H groups in total. The number of fused-ring (bicyclic) bond motifs is 1. The summed E-state index contributed by atoms with van der Waals surface area (Å²) in [4.78, 5) is 15.0. The SMILES string of the molecule is CC(C)c1cc(C(=O)N2CCc3nnc(-c4ccccc4)n3CC2)n(C)n1. The van der Waals surface area contributed by atoms with Gasteiger partial charge in [0.25, 0.3) is 5.91 Å². The van der Waals surface area contributed by atoms with Gasteiger partial charge in [-0.05, 0) is 12.0 Å². The largest absolute Gasteiger partial charge is 0.335 e. The first-order valence-electron chi connectivity index (χ1n) is 9.35. The number of amides is 1. The molecule has 0 fully saturated rings. The first-order chi connectivity index (χ1) is 13.0. The minimum absolute atomic E-state index is 0.0249. The summed E-state index contributed by atoms with van der Waals surface area (Å²) >= 11 is 0. The molecule has 0 atom stereocenters. The smallest absolute Gasteiger partial charge is 0.272 e. The molecule has 0 saturated carbocycles. The lowest BCUT2D eigenvalue weighted by Crippen LogP contribution is -2.34. The second-order valence-corrected chi connectivity index (χ2v) is 7.23. The minimum Gasteiger partial charge on any atom is -0.335 e. The van der Waals surface area contributed by atoms with E-state index in [4.69, 9.17) is 0 Å². The van der Waals surface area contributed by atoms with Gasteiger partial charge in [0.15, 0.2) is 5.82 Å². The molecule has 27 heavy (non-hydrogen) atoms. The average Bonchev–Trinajstić information content (AvgIpc) is 3.19. The predicted molar refractivity (Wildman–Crippen MR) is 102 cm³/mol. The summed E-state index contributed by atoms with van der Waals surface area (Å²) in [7, 11) is 1.83. The van der Waals surface area contributed by atoms with Gasteiger partial charge in [0.2, 0.25) is 0 Å². The van der Waals surface area contributed by atoms with Gasteiger partial charge in [-0.1, -0.05) is 44.2 Å². The van der Waals surface area contributed by atoms with Crippen LogP contribution in [0.15, 0.2) is 36.4 Å². The van der Waals surface area contributed by atoms with E-state index < -0.39 is 0 Å². The van der Waals surface area contributed by atoms with Crippen LogP contribution in [0.1, 0.15) is 41.8 Å². The van der Waals surface area contributed by atoms with Crippen molar-refractivity contribution in [1.82, 2.24) is 29.4 Å². The number of aryl methyl sites for hydroxylation is 1. The zero-order chi connectivity index (χ0) is 19.0. The van der Waals surface area contributed by atoms with Crippen LogP contribution in [-0.2, 0) is 20.0 Å². The van der Waals surface area contributed by atoms with E-state index in [1.165, 1.54) is 0 Å². The normalized spacial score (nSPS) is 14.3. The Bertz CT molecular complexity index is 956. The van der Waals surface area contributed by atoms with Crippen LogP contribution in [0.3, 0.4) is 0 Å². The second-order valence-electron chi connectivity index (χ2n) is 7.23. The summed E-state index contributed by atoms with van der Waals surface area (Å²) in [6.07, 6.45) is 0.695. The van der Waals surface area contributed by atoms with E-state index in [2.05, 4.69) is 33.7 Å². The van der Waals surface area contributed by atoms with Gasteiger partial charge in [-0.25, -0.2) is 0 Å². The maximum Gasteiger partial charge on any atom is 0.272 e. The van der Waals surface area contributed by atoms with Crippen LogP contribution in [0.2, 0.25) is 0 Å². The standard InChI is InChI=1S/C20H24N6O/c1-14(2)16-13-17(24(3)23-16)20(27)25-10-9-18-21-22-19(26(18)12-11-25)15-7-5-4-6-8-15/h4-8,13-14H,9-12H2,1-3H3. The van der Waals surface area contributed by atoms with Gasteiger partial charge < -0.3 is 9.47 Å². The van der Waals surface area contributed by atoms with Crippen molar-refractivity contribution in [2.24, 2.45) is 7.05 Å². The molecule has 3 aromatic rings. The third-order valence-electron chi connectivity index (χ3n) is 5.05. The van der Waals surface area contributed by atoms with Crippen molar-refractivity contribution in [2.75, 3.05) is 13.1 Å². The van der Waals surface area contributed by atoms with Crippen LogP contribution in [0.5, 0.6) is 0 Å². The van der Waals surface area contributed by atoms with Crippen molar-refractivity contribution in [3.05, 3.63) is 53.6 Å². The number of hydrogen-bond acceptors (Lipinski definition) is 4. The summed E-state index contributed by atoms with van der Waals surface area (Å²) in [6, 6.07) is 12.0. The van der Waals surface area contributed by atoms with Gasteiger partial charge in [0.1, 0.15) is 11.5 Å². The molecule has 7 heteroatoms. The second kappa shape index (κ2) is 6.98. The van der Waals surface area contributed by atoms with Crippen LogP contribution in [0, 0.1) is 0 Å². The Morgan fingerprint density at radius 3 is 2.56 bits per heavy atom. The fraction of sp³-hybridized carbons (Fsp3) is 0.400. The molecule has 0 spiro atoms. The van der Waals surface area contributed by atoms with Crippen LogP contribution in [-0.4, -0.2) is 48.4 Å². The van der Waals surface area contributed by atoms with Crippen molar-refractivity contribution < 1.29 is 4.79 Å². The molecule has 140 valence electrons. The van der Waals surface area contributed by atoms with E-state index in [1.54, 1.807) is 4.68 Å². The number of benzene rings is 1. The summed E-state index contributed by atoms with van der Waals surface area (Å²) in [6.45, 7) is 6.12. The lowest BCUT2D eigenvalue weighted by Gasteiger charge is -2.20. The van der Waals surface area contributed by atoms with Crippen molar-refractivity contribution in [3.63, 3.8) is 0 Å². The molecule has 7 nitrogen and oxygen atoms in total. The number of aromatic nitrogens is 5. The van der Waals surface area contributed by atoms with Crippen molar-refractivity contribution in [3.8, 4) is 11.4 Å². The predicted octanol–water partition coefficient (Wildman–Crippen LogP) is 2.50. The molecule has 1 amide bonds. The quantitative estimate of drug-likeness (QED) is 0.716. The molecule has 1 aromatic carbocycles. The third kappa shape index (κ3) is 3.25. The van der Waals surface area contributed by atoms with Gasteiger partial charge in [-0.15, -0.1) is 10.2 Å². The first kappa shape index (κ1) is 17.5. The Balaban J connectivity index is 1.55. The maximum absolute atomic E-state index is 13.1. The van der Waals surface area contributed by atoms with Gasteiger partial charge in [-0.3, -0.25) is 9.48 Å². The molecular formula is C20H24N6O. The first-order valence-corrected chi connectivity index (χ1v) is 9.35. The van der Waals surface area contributed by atoms with Crippen molar-refractivity contribution in [1.29, 1.82) is 0 Å². The monoisotopic (exact) mass is 364 g/mol. The average molecular weight is 364 g/mol. The van der Waals surface area contributed by atoms with E-state index in [-0.39, 0.29) is 5.91 Å². The number of rotatable bonds is 3. The highest BCUT2D eigenvalue weighted by Crippen LogP contribution is 2.21. The summed E-state index contributed by atoms with van der Waals surface area (Å²) in [5.74, 6) is 2.11. The molecule has 3 heterocycles. The Hall–Kier alpha value is -2.96. The van der Waals surface area contributed by atoms with Crippen molar-refractivity contribution in [2.45, 2.75) is 32.7 Å². The van der Waals surface area contributed by atoms with Crippen LogP contribution < -0.4 is 0 Å². The van der Waals surface area contributed by atoms with Crippen LogP contribution in [0.25, 0.3) is 11.4 Å². The van der Waals surface area contributed by atoms with Gasteiger partial charge >= 0.3 is 0 Å². The summed E-state index contributed by atoms with van der Waals surface area (Å²) in [5.41, 5.74) is 2.63. The van der Waals surface area contributed by atoms with Crippen molar-refractivity contribution >= 4 is 5.91 Å². The fourth-order valence-electron chi connectivity index (χ4n) is 3.46. The highest BCUT2D eigenvalue weighted by Gasteiger charge is 2.25. The van der Waals surface area contributed by atoms with E-state index in [0.717, 1.165) is 22.9 Å². The Kier molecular flexibility index (Phi) is 4.51. The molecule has 0 radical (unpaired) electrons. The number of carbonyl (C=O) groups excluding carboxylic acids is 1. The highest BCUT2D eigenvalue weighted by atomic mass is 16.2. The molecule has 4 rings (SSSR count). The zero-order valence-electron chi connectivity index (χ0n) is 16.0. The third-order valence-corrected chi connectivity index (χ3v) is 5.05. The van der Waals surface area contributed by atoms with Gasteiger partial charge in [-0.2, -0.15) is 5.10 Å². The zero-order valence-corrected chi connectivity index (χ0v) is 16.0. The molecule has 2 aromatic heterocycles. The Morgan fingerprint density at radius 2 is 1.85 bits per heavy atom. The van der Waals surface area contributed by atoms with E-state index in [1.807, 2.05) is 48.3 Å². The molecule has 0 saturated heterocycles. The minimum atomic E-state index is 0.0249. The molecule has 0 unspecified atom stereocenters. The lowest BCUT2D eigenvalue weighted by atomic mass is 10.1. The Morgan fingerprint density at radius 1 is 1.07 bits per heavy atom. The van der Waals surface area contributed by atoms with Gasteiger partial charge in [0.05, 0.1) is 5.69 Å². The fourth-order valence-corrected chi connectivity index (χ4v) is 3.46. The van der Waals surface area contributed by atoms with Crippen LogP contribution in [0.4, 0.5) is 0 Å². The molecule has 1 aliphatic rings. The summed E-state index contributed by atoms with van der Waals surface area (Å²) < 4.78 is 3.82. The summed E-state index contributed by atoms with van der Waals surface area (Å²) in [5, 5.41) is 13.2. The molecule has 0 aliphatic carbocycles. The molecule has 0 bridgehead atoms. The van der Waals surface area contributed by atoms with Crippen LogP contribution >= 0.6 is 0 Å². The lowest BCUT2D eigenvalue weighted by molar-refractivity contribution is 0.0748. The van der Waals surface area contributed by atoms with E-state index >= 15 is 0 Å². The number of carbonyl (C=O) groups is 1. The van der Waals surface area contributed by atoms with E-state index in [9.17, 15) is 4.79 Å². The number of hydrogen-bond donors (Lipinski definition) is 0. The topological polar surface area (TPSA) is 68.8 Å². The molecule has 1 aliphatic heterocycles. The molecular weight excluding hydrogens is 340 g/mol. The highest BCUT2D eigenvalue weighted by molar-refractivity contribution is 5.92. The number of nitrogens with zero attached hydrogens (tertiary/aromatic N) is 6. The van der Waals surface area contributed by atoms with Gasteiger partial charge in [0, 0.05) is 38.7 Å².